The number of nitrogens with one attached hydrogen (secondary N) is 1. The van der Waals surface area contributed by atoms with E-state index in [0.717, 1.165) is 39.0 Å². The van der Waals surface area contributed by atoms with Crippen molar-refractivity contribution in [3.8, 4) is 5.75 Å². The molecule has 3 heterocycles. The second kappa shape index (κ2) is 8.31. The number of para-hydroxylation sites is 1. The monoisotopic (exact) mass is 465 g/mol. The van der Waals surface area contributed by atoms with Crippen LogP contribution in [0, 0.1) is 6.92 Å². The summed E-state index contributed by atoms with van der Waals surface area (Å²) in [6.07, 6.45) is 0.495. The molecule has 2 aliphatic rings. The summed E-state index contributed by atoms with van der Waals surface area (Å²) in [4.78, 5) is 34.6. The van der Waals surface area contributed by atoms with Crippen LogP contribution in [0.15, 0.2) is 72.8 Å². The molecule has 0 saturated carbocycles. The van der Waals surface area contributed by atoms with Crippen LogP contribution in [0.3, 0.4) is 0 Å². The van der Waals surface area contributed by atoms with Crippen molar-refractivity contribution >= 4 is 22.7 Å². The van der Waals surface area contributed by atoms with Crippen LogP contribution in [0.25, 0.3) is 10.9 Å². The number of aromatic amines is 1. The number of carbonyl (C=O) groups excluding carboxylic acids is 2. The predicted molar refractivity (Wildman–Crippen MR) is 134 cm³/mol. The molecule has 3 aromatic carbocycles. The topological polar surface area (TPSA) is 65.6 Å². The largest absolute Gasteiger partial charge is 0.497 e. The number of fused-ring (bicyclic) bond motifs is 4. The van der Waals surface area contributed by atoms with E-state index in [2.05, 4.69) is 11.1 Å². The minimum Gasteiger partial charge on any atom is -0.497 e. The van der Waals surface area contributed by atoms with Gasteiger partial charge in [0, 0.05) is 29.6 Å². The van der Waals surface area contributed by atoms with E-state index in [9.17, 15) is 9.59 Å². The Labute approximate surface area is 204 Å². The van der Waals surface area contributed by atoms with E-state index in [-0.39, 0.29) is 24.4 Å². The molecule has 1 fully saturated rings. The highest BCUT2D eigenvalue weighted by Crippen LogP contribution is 2.43. The van der Waals surface area contributed by atoms with Crippen molar-refractivity contribution in [1.29, 1.82) is 0 Å². The van der Waals surface area contributed by atoms with Crippen LogP contribution < -0.4 is 4.74 Å². The second-order valence-electron chi connectivity index (χ2n) is 9.44. The average molecular weight is 466 g/mol. The van der Waals surface area contributed by atoms with E-state index in [1.807, 2.05) is 73.7 Å². The first-order valence-electron chi connectivity index (χ1n) is 11.9. The Morgan fingerprint density at radius 2 is 1.80 bits per heavy atom. The van der Waals surface area contributed by atoms with Crippen molar-refractivity contribution < 1.29 is 14.3 Å². The van der Waals surface area contributed by atoms with Gasteiger partial charge >= 0.3 is 0 Å². The number of amides is 2. The summed E-state index contributed by atoms with van der Waals surface area (Å²) in [7, 11) is 1.63. The van der Waals surface area contributed by atoms with E-state index in [4.69, 9.17) is 4.74 Å². The lowest BCUT2D eigenvalue weighted by atomic mass is 9.86. The van der Waals surface area contributed by atoms with Gasteiger partial charge in [-0.3, -0.25) is 9.59 Å². The summed E-state index contributed by atoms with van der Waals surface area (Å²) < 4.78 is 5.48. The van der Waals surface area contributed by atoms with Crippen LogP contribution in [0.1, 0.15) is 34.0 Å². The highest BCUT2D eigenvalue weighted by Gasteiger charge is 2.48. The van der Waals surface area contributed by atoms with Gasteiger partial charge < -0.3 is 19.5 Å². The fraction of sp³-hybridized carbons (Fsp3) is 0.241. The van der Waals surface area contributed by atoms with E-state index < -0.39 is 6.04 Å². The molecule has 0 spiro atoms. The van der Waals surface area contributed by atoms with Crippen LogP contribution in [0.2, 0.25) is 0 Å². The normalized spacial score (nSPS) is 19.6. The van der Waals surface area contributed by atoms with Crippen LogP contribution in [-0.2, 0) is 22.6 Å². The summed E-state index contributed by atoms with van der Waals surface area (Å²) >= 11 is 0. The number of nitrogens with zero attached hydrogens (tertiary/aromatic N) is 2. The van der Waals surface area contributed by atoms with Gasteiger partial charge in [0.15, 0.2) is 0 Å². The molecular weight excluding hydrogens is 438 g/mol. The van der Waals surface area contributed by atoms with E-state index >= 15 is 0 Å². The van der Waals surface area contributed by atoms with E-state index in [1.165, 1.54) is 5.56 Å². The van der Waals surface area contributed by atoms with Crippen molar-refractivity contribution in [1.82, 2.24) is 14.8 Å². The number of rotatable bonds is 4. The molecule has 2 amide bonds. The first-order valence-corrected chi connectivity index (χ1v) is 11.9. The second-order valence-corrected chi connectivity index (χ2v) is 9.44. The van der Waals surface area contributed by atoms with Gasteiger partial charge in [-0.15, -0.1) is 0 Å². The van der Waals surface area contributed by atoms with E-state index in [0.29, 0.717) is 13.0 Å². The number of carbonyl (C=O) groups is 2. The molecule has 1 aromatic heterocycles. The van der Waals surface area contributed by atoms with Crippen LogP contribution in [0.5, 0.6) is 5.75 Å². The van der Waals surface area contributed by atoms with Gasteiger partial charge in [-0.25, -0.2) is 0 Å². The van der Waals surface area contributed by atoms with Crippen LogP contribution >= 0.6 is 0 Å². The number of ether oxygens (including phenoxy) is 1. The lowest BCUT2D eigenvalue weighted by molar-refractivity contribution is -0.159. The smallest absolute Gasteiger partial charge is 0.246 e. The molecule has 1 unspecified atom stereocenters. The number of hydrogen-bond donors (Lipinski definition) is 1. The molecule has 1 N–H and O–H groups in total. The molecule has 6 heteroatoms. The third-order valence-corrected chi connectivity index (χ3v) is 7.25. The zero-order valence-electron chi connectivity index (χ0n) is 19.8. The number of aromatic nitrogens is 1. The molecule has 0 aliphatic carbocycles. The standard InChI is InChI=1S/C29H27N3O3/c1-18-10-12-19(13-11-18)16-31-17-26(33)32-25(29(31)34)15-23-22-8-3-4-9-24(22)30-27(23)28(32)20-6-5-7-21(14-20)35-2/h3-14,25,28,30H,15-17H2,1-2H3/t25-,28?/m0/s1. The molecule has 2 aliphatic heterocycles. The van der Waals surface area contributed by atoms with Crippen molar-refractivity contribution in [2.45, 2.75) is 32.0 Å². The highest BCUT2D eigenvalue weighted by atomic mass is 16.5. The van der Waals surface area contributed by atoms with Gasteiger partial charge in [0.05, 0.1) is 13.2 Å². The predicted octanol–water partition coefficient (Wildman–Crippen LogP) is 4.37. The Kier molecular flexibility index (Phi) is 5.10. The minimum atomic E-state index is -0.551. The number of hydrogen-bond acceptors (Lipinski definition) is 3. The summed E-state index contributed by atoms with van der Waals surface area (Å²) in [6.45, 7) is 2.54. The molecule has 0 bridgehead atoms. The third-order valence-electron chi connectivity index (χ3n) is 7.25. The summed E-state index contributed by atoms with van der Waals surface area (Å²) in [5, 5.41) is 1.10. The number of piperazine rings is 1. The Morgan fingerprint density at radius 1 is 1.00 bits per heavy atom. The summed E-state index contributed by atoms with van der Waals surface area (Å²) in [6, 6.07) is 23.1. The number of benzene rings is 3. The fourth-order valence-corrected chi connectivity index (χ4v) is 5.53. The van der Waals surface area contributed by atoms with Gasteiger partial charge in [-0.1, -0.05) is 60.2 Å². The zero-order chi connectivity index (χ0) is 24.1. The molecular formula is C29H27N3O3. The van der Waals surface area contributed by atoms with Gasteiger partial charge in [0.25, 0.3) is 0 Å². The Balaban J connectivity index is 1.45. The zero-order valence-corrected chi connectivity index (χ0v) is 19.8. The van der Waals surface area contributed by atoms with Gasteiger partial charge in [0.2, 0.25) is 11.8 Å². The molecule has 0 radical (unpaired) electrons. The number of H-pyrrole nitrogens is 1. The highest BCUT2D eigenvalue weighted by molar-refractivity contribution is 5.97. The minimum absolute atomic E-state index is 0.00555. The van der Waals surface area contributed by atoms with Crippen molar-refractivity contribution in [3.05, 3.63) is 101 Å². The Bertz CT molecular complexity index is 1440. The maximum atomic E-state index is 13.8. The summed E-state index contributed by atoms with van der Waals surface area (Å²) in [5.41, 5.74) is 6.22. The Hall–Kier alpha value is -4.06. The van der Waals surface area contributed by atoms with Crippen LogP contribution in [-0.4, -0.2) is 46.3 Å². The first-order chi connectivity index (χ1) is 17.0. The quantitative estimate of drug-likeness (QED) is 0.487. The van der Waals surface area contributed by atoms with Gasteiger partial charge in [-0.05, 0) is 41.8 Å². The molecule has 176 valence electrons. The molecule has 35 heavy (non-hydrogen) atoms. The first kappa shape index (κ1) is 21.5. The number of methoxy groups -OCH3 is 1. The lowest BCUT2D eigenvalue weighted by Gasteiger charge is -2.47. The summed E-state index contributed by atoms with van der Waals surface area (Å²) in [5.74, 6) is 0.673. The van der Waals surface area contributed by atoms with Crippen LogP contribution in [0.4, 0.5) is 0 Å². The van der Waals surface area contributed by atoms with Crippen molar-refractivity contribution in [2.75, 3.05) is 13.7 Å². The van der Waals surface area contributed by atoms with Gasteiger partial charge in [-0.2, -0.15) is 0 Å². The van der Waals surface area contributed by atoms with Gasteiger partial charge in [0.1, 0.15) is 18.3 Å². The molecule has 2 atom stereocenters. The molecule has 6 rings (SSSR count). The van der Waals surface area contributed by atoms with E-state index in [1.54, 1.807) is 16.9 Å². The molecule has 1 saturated heterocycles. The SMILES string of the molecule is COc1cccc(C2c3[nH]c4ccccc4c3C[C@H]3C(=O)N(Cc4ccc(C)cc4)CC(=O)N23)c1. The van der Waals surface area contributed by atoms with Crippen molar-refractivity contribution in [3.63, 3.8) is 0 Å². The number of aryl methyl sites for hydroxylation is 1. The molecule has 6 nitrogen and oxygen atoms in total. The maximum Gasteiger partial charge on any atom is 0.246 e. The Morgan fingerprint density at radius 3 is 2.60 bits per heavy atom. The maximum absolute atomic E-state index is 13.8. The van der Waals surface area contributed by atoms with Crippen molar-refractivity contribution in [2.24, 2.45) is 0 Å². The average Bonchev–Trinajstić information content (AvgIpc) is 3.25. The third kappa shape index (κ3) is 3.57. The fourth-order valence-electron chi connectivity index (χ4n) is 5.53. The molecule has 4 aromatic rings. The lowest BCUT2D eigenvalue weighted by Crippen LogP contribution is -2.62.